The molecular weight excluding hydrogens is 104 g/mol. The molecule has 0 heterocycles. The van der Waals surface area contributed by atoms with Crippen LogP contribution < -0.4 is 0 Å². The number of allylic oxidation sites excluding steroid dienone is 1. The van der Waals surface area contributed by atoms with Gasteiger partial charge in [-0.1, -0.05) is 18.0 Å². The van der Waals surface area contributed by atoms with Gasteiger partial charge in [-0.2, -0.15) is 0 Å². The predicted octanol–water partition coefficient (Wildman–Crippen LogP) is 1.93. The van der Waals surface area contributed by atoms with Crippen molar-refractivity contribution in [3.8, 4) is 0 Å². The molecule has 0 rings (SSSR count). The molecule has 0 saturated carbocycles. The third-order valence-corrected chi connectivity index (χ3v) is 0.470. The Bertz CT molecular complexity index is 144. The summed E-state index contributed by atoms with van der Waals surface area (Å²) in [5.41, 5.74) is 5.02. The fraction of sp³-hybridized carbons (Fsp3) is 0. The molecule has 0 amide bonds. The highest BCUT2D eigenvalue weighted by Gasteiger charge is 1.64. The first-order valence-corrected chi connectivity index (χ1v) is 2.21. The number of rotatable bonds is 1. The van der Waals surface area contributed by atoms with Gasteiger partial charge in [-0.05, 0) is 6.58 Å². The summed E-state index contributed by atoms with van der Waals surface area (Å²) in [7, 11) is 0. The average molecular weight is 110 g/mol. The quantitative estimate of drug-likeness (QED) is 0.297. The summed E-state index contributed by atoms with van der Waals surface area (Å²) in [6, 6.07) is 0. The van der Waals surface area contributed by atoms with Crippen LogP contribution in [0.5, 0.6) is 0 Å². The summed E-state index contributed by atoms with van der Waals surface area (Å²) in [6.07, 6.45) is 1.59. The molecule has 0 nitrogen and oxygen atoms in total. The first-order chi connectivity index (χ1) is 3.27. The number of hydrogen-bond donors (Lipinski definition) is 1. The summed E-state index contributed by atoms with van der Waals surface area (Å²) in [5.74, 6) is 0. The molecule has 0 bridgehead atoms. The molecule has 1 heteroatoms. The molecular formula is C6H6S. The normalized spacial score (nSPS) is 5.86. The van der Waals surface area contributed by atoms with Gasteiger partial charge in [0.25, 0.3) is 0 Å². The molecule has 0 radical (unpaired) electrons. The number of thiol groups is 1. The lowest BCUT2D eigenvalue weighted by Crippen LogP contribution is -1.46. The van der Waals surface area contributed by atoms with Crippen LogP contribution in [0.1, 0.15) is 0 Å². The Kier molecular flexibility index (Phi) is 3.26. The zero-order chi connectivity index (χ0) is 5.70. The van der Waals surface area contributed by atoms with Gasteiger partial charge in [0, 0.05) is 11.0 Å². The summed E-state index contributed by atoms with van der Waals surface area (Å²) in [6.45, 7) is 6.76. The maximum absolute atomic E-state index is 3.85. The zero-order valence-electron chi connectivity index (χ0n) is 3.94. The van der Waals surface area contributed by atoms with Crippen LogP contribution in [0.2, 0.25) is 0 Å². The Morgan fingerprint density at radius 2 is 2.29 bits per heavy atom. The lowest BCUT2D eigenvalue weighted by atomic mass is 10.6. The van der Waals surface area contributed by atoms with Crippen molar-refractivity contribution in [2.45, 2.75) is 0 Å². The molecule has 0 fully saturated rings. The van der Waals surface area contributed by atoms with Crippen LogP contribution in [0.3, 0.4) is 0 Å². The smallest absolute Gasteiger partial charge is 0.00517 e. The topological polar surface area (TPSA) is 0 Å². The van der Waals surface area contributed by atoms with Gasteiger partial charge in [-0.25, -0.2) is 0 Å². The van der Waals surface area contributed by atoms with Crippen molar-refractivity contribution in [3.63, 3.8) is 0 Å². The Morgan fingerprint density at radius 3 is 2.43 bits per heavy atom. The third-order valence-electron chi connectivity index (χ3n) is 0.341. The van der Waals surface area contributed by atoms with E-state index in [1.807, 2.05) is 0 Å². The van der Waals surface area contributed by atoms with Gasteiger partial charge in [0.05, 0.1) is 0 Å². The van der Waals surface area contributed by atoms with E-state index in [0.717, 1.165) is 0 Å². The molecule has 0 unspecified atom stereocenters. The van der Waals surface area contributed by atoms with E-state index >= 15 is 0 Å². The Labute approximate surface area is 49.0 Å². The van der Waals surface area contributed by atoms with Crippen LogP contribution >= 0.6 is 12.6 Å². The molecule has 0 aliphatic carbocycles. The molecule has 36 valence electrons. The largest absolute Gasteiger partial charge is 0.143 e. The van der Waals surface area contributed by atoms with E-state index in [-0.39, 0.29) is 0 Å². The van der Waals surface area contributed by atoms with Crippen molar-refractivity contribution in [2.75, 3.05) is 0 Å². The molecule has 0 saturated heterocycles. The van der Waals surface area contributed by atoms with Crippen molar-refractivity contribution in [1.29, 1.82) is 0 Å². The lowest BCUT2D eigenvalue weighted by molar-refractivity contribution is 2.02. The number of hydrogen-bond acceptors (Lipinski definition) is 1. The van der Waals surface area contributed by atoms with Crippen LogP contribution in [0.4, 0.5) is 0 Å². The van der Waals surface area contributed by atoms with E-state index in [9.17, 15) is 0 Å². The first-order valence-electron chi connectivity index (χ1n) is 1.76. The minimum absolute atomic E-state index is 0.663. The average Bonchev–Trinajstić information content (AvgIpc) is 1.61. The van der Waals surface area contributed by atoms with E-state index in [4.69, 9.17) is 0 Å². The first kappa shape index (κ1) is 6.39. The van der Waals surface area contributed by atoms with Crippen molar-refractivity contribution in [2.24, 2.45) is 0 Å². The van der Waals surface area contributed by atoms with E-state index in [1.54, 1.807) is 6.08 Å². The summed E-state index contributed by atoms with van der Waals surface area (Å²) >= 11 is 3.85. The monoisotopic (exact) mass is 110 g/mol. The Hall–Kier alpha value is -0.610. The van der Waals surface area contributed by atoms with Gasteiger partial charge < -0.3 is 0 Å². The minimum atomic E-state index is 0.663. The zero-order valence-corrected chi connectivity index (χ0v) is 4.83. The van der Waals surface area contributed by atoms with E-state index in [2.05, 4.69) is 37.2 Å². The van der Waals surface area contributed by atoms with Gasteiger partial charge in [-0.3, -0.25) is 0 Å². The standard InChI is InChI=1S/C6H6S/c1-3-4-5-6(2)7/h5,7H,1-2H2. The Morgan fingerprint density at radius 1 is 1.71 bits per heavy atom. The van der Waals surface area contributed by atoms with Crippen LogP contribution in [0.25, 0.3) is 0 Å². The predicted molar refractivity (Wildman–Crippen MR) is 35.3 cm³/mol. The molecule has 0 aliphatic rings. The second-order valence-electron chi connectivity index (χ2n) is 0.957. The van der Waals surface area contributed by atoms with Crippen molar-refractivity contribution in [1.82, 2.24) is 0 Å². The van der Waals surface area contributed by atoms with Crippen molar-refractivity contribution >= 4 is 12.6 Å². The SMILES string of the molecule is C=C=C=CC(=C)S. The highest BCUT2D eigenvalue weighted by Crippen LogP contribution is 1.93. The second kappa shape index (κ2) is 3.58. The van der Waals surface area contributed by atoms with Gasteiger partial charge >= 0.3 is 0 Å². The van der Waals surface area contributed by atoms with Gasteiger partial charge in [-0.15, -0.1) is 12.6 Å². The van der Waals surface area contributed by atoms with E-state index in [1.165, 1.54) is 0 Å². The molecule has 0 atom stereocenters. The van der Waals surface area contributed by atoms with Crippen LogP contribution in [-0.4, -0.2) is 0 Å². The summed E-state index contributed by atoms with van der Waals surface area (Å²) in [4.78, 5) is 0.663. The van der Waals surface area contributed by atoms with Crippen LogP contribution in [0, 0.1) is 0 Å². The van der Waals surface area contributed by atoms with Crippen LogP contribution in [-0.2, 0) is 0 Å². The fourth-order valence-corrected chi connectivity index (χ4v) is 0.199. The van der Waals surface area contributed by atoms with Crippen LogP contribution in [0.15, 0.2) is 35.6 Å². The molecule has 0 aromatic rings. The van der Waals surface area contributed by atoms with Crippen molar-refractivity contribution < 1.29 is 0 Å². The minimum Gasteiger partial charge on any atom is -0.143 e. The van der Waals surface area contributed by atoms with E-state index in [0.29, 0.717) is 4.91 Å². The molecule has 0 aromatic carbocycles. The lowest BCUT2D eigenvalue weighted by Gasteiger charge is -1.71. The molecule has 0 aromatic heterocycles. The molecule has 0 aliphatic heterocycles. The molecule has 0 N–H and O–H groups in total. The van der Waals surface area contributed by atoms with Gasteiger partial charge in [0.15, 0.2) is 0 Å². The maximum atomic E-state index is 3.85. The van der Waals surface area contributed by atoms with Crippen molar-refractivity contribution in [3.05, 3.63) is 35.6 Å². The fourth-order valence-electron chi connectivity index (χ4n) is 0.134. The highest BCUT2D eigenvalue weighted by molar-refractivity contribution is 7.84. The second-order valence-corrected chi connectivity index (χ2v) is 1.53. The van der Waals surface area contributed by atoms with Gasteiger partial charge in [0.1, 0.15) is 0 Å². The molecule has 0 spiro atoms. The summed E-state index contributed by atoms with van der Waals surface area (Å²) in [5, 5.41) is 0. The van der Waals surface area contributed by atoms with Gasteiger partial charge in [0.2, 0.25) is 0 Å². The summed E-state index contributed by atoms with van der Waals surface area (Å²) < 4.78 is 0. The maximum Gasteiger partial charge on any atom is 0.00517 e. The highest BCUT2D eigenvalue weighted by atomic mass is 32.1. The van der Waals surface area contributed by atoms with E-state index < -0.39 is 0 Å². The third kappa shape index (κ3) is 5.39. The molecule has 7 heavy (non-hydrogen) atoms. The Balaban J connectivity index is 3.96.